The van der Waals surface area contributed by atoms with Crippen LogP contribution in [0.4, 0.5) is 0 Å². The summed E-state index contributed by atoms with van der Waals surface area (Å²) in [6.07, 6.45) is -0.0164. The van der Waals surface area contributed by atoms with Gasteiger partial charge in [0, 0.05) is 23.6 Å². The van der Waals surface area contributed by atoms with Crippen molar-refractivity contribution in [3.63, 3.8) is 0 Å². The SMILES string of the molecule is Cc1cc(C)c(C(=O)N2CCSCC2CC(=O)O)o1. The fourth-order valence-electron chi connectivity index (χ4n) is 2.28. The van der Waals surface area contributed by atoms with Gasteiger partial charge in [0.2, 0.25) is 0 Å². The summed E-state index contributed by atoms with van der Waals surface area (Å²) >= 11 is 1.68. The van der Waals surface area contributed by atoms with Crippen molar-refractivity contribution in [3.8, 4) is 0 Å². The molecule has 104 valence electrons. The van der Waals surface area contributed by atoms with E-state index in [9.17, 15) is 9.59 Å². The molecule has 0 radical (unpaired) electrons. The molecule has 1 aromatic heterocycles. The van der Waals surface area contributed by atoms with Crippen LogP contribution in [0.15, 0.2) is 10.5 Å². The van der Waals surface area contributed by atoms with Gasteiger partial charge in [-0.15, -0.1) is 0 Å². The number of rotatable bonds is 3. The lowest BCUT2D eigenvalue weighted by Gasteiger charge is -2.34. The summed E-state index contributed by atoms with van der Waals surface area (Å²) in [4.78, 5) is 25.0. The molecule has 1 aliphatic heterocycles. The summed E-state index contributed by atoms with van der Waals surface area (Å²) in [6.45, 7) is 4.19. The second-order valence-electron chi connectivity index (χ2n) is 4.69. The molecule has 0 saturated carbocycles. The molecule has 1 aromatic rings. The van der Waals surface area contributed by atoms with Gasteiger partial charge in [-0.2, -0.15) is 11.8 Å². The summed E-state index contributed by atoms with van der Waals surface area (Å²) in [5.41, 5.74) is 0.801. The van der Waals surface area contributed by atoms with E-state index in [0.717, 1.165) is 11.3 Å². The van der Waals surface area contributed by atoms with Crippen LogP contribution >= 0.6 is 11.8 Å². The average Bonchev–Trinajstić information content (AvgIpc) is 2.67. The van der Waals surface area contributed by atoms with Crippen LogP contribution in [0.25, 0.3) is 0 Å². The minimum Gasteiger partial charge on any atom is -0.481 e. The Bertz CT molecular complexity index is 497. The number of furan rings is 1. The van der Waals surface area contributed by atoms with Crippen LogP contribution in [0.5, 0.6) is 0 Å². The van der Waals surface area contributed by atoms with Gasteiger partial charge in [-0.3, -0.25) is 9.59 Å². The van der Waals surface area contributed by atoms with E-state index in [1.54, 1.807) is 23.6 Å². The summed E-state index contributed by atoms with van der Waals surface area (Å²) in [6, 6.07) is 1.56. The van der Waals surface area contributed by atoms with Crippen molar-refractivity contribution in [2.45, 2.75) is 26.3 Å². The number of carboxylic acids is 1. The van der Waals surface area contributed by atoms with Gasteiger partial charge < -0.3 is 14.4 Å². The van der Waals surface area contributed by atoms with E-state index < -0.39 is 5.97 Å². The number of hydrogen-bond donors (Lipinski definition) is 1. The van der Waals surface area contributed by atoms with Crippen LogP contribution in [0.2, 0.25) is 0 Å². The standard InChI is InChI=1S/C13H17NO4S/c1-8-5-9(2)18-12(8)13(17)14-3-4-19-7-10(14)6-11(15)16/h5,10H,3-4,6-7H2,1-2H3,(H,15,16). The van der Waals surface area contributed by atoms with Crippen molar-refractivity contribution in [2.75, 3.05) is 18.1 Å². The zero-order valence-corrected chi connectivity index (χ0v) is 11.8. The lowest BCUT2D eigenvalue weighted by Crippen LogP contribution is -2.47. The van der Waals surface area contributed by atoms with E-state index >= 15 is 0 Å². The van der Waals surface area contributed by atoms with Gasteiger partial charge in [-0.25, -0.2) is 0 Å². The third kappa shape index (κ3) is 3.12. The highest BCUT2D eigenvalue weighted by Gasteiger charge is 2.31. The first kappa shape index (κ1) is 14.0. The molecule has 1 aliphatic rings. The van der Waals surface area contributed by atoms with E-state index in [1.165, 1.54) is 0 Å². The van der Waals surface area contributed by atoms with Crippen molar-refractivity contribution < 1.29 is 19.1 Å². The lowest BCUT2D eigenvalue weighted by molar-refractivity contribution is -0.138. The maximum Gasteiger partial charge on any atom is 0.305 e. The fourth-order valence-corrected chi connectivity index (χ4v) is 3.34. The molecule has 1 atom stereocenters. The normalized spacial score (nSPS) is 19.5. The monoisotopic (exact) mass is 283 g/mol. The molecule has 0 spiro atoms. The van der Waals surface area contributed by atoms with Gasteiger partial charge in [-0.05, 0) is 19.9 Å². The third-order valence-electron chi connectivity index (χ3n) is 3.13. The first-order valence-corrected chi connectivity index (χ1v) is 7.32. The summed E-state index contributed by atoms with van der Waals surface area (Å²) < 4.78 is 5.44. The number of carbonyl (C=O) groups is 2. The second kappa shape index (κ2) is 5.69. The zero-order chi connectivity index (χ0) is 14.0. The molecule has 1 amide bonds. The predicted molar refractivity (Wildman–Crippen MR) is 72.6 cm³/mol. The maximum atomic E-state index is 12.5. The molecule has 1 unspecified atom stereocenters. The number of nitrogens with zero attached hydrogens (tertiary/aromatic N) is 1. The number of amides is 1. The van der Waals surface area contributed by atoms with E-state index in [0.29, 0.717) is 23.8 Å². The lowest BCUT2D eigenvalue weighted by atomic mass is 10.1. The Kier molecular flexibility index (Phi) is 4.19. The largest absolute Gasteiger partial charge is 0.481 e. The van der Waals surface area contributed by atoms with Crippen LogP contribution in [-0.4, -0.2) is 46.0 Å². The summed E-state index contributed by atoms with van der Waals surface area (Å²) in [5.74, 6) is 1.45. The number of aryl methyl sites for hydroxylation is 2. The van der Waals surface area contributed by atoms with E-state index in [1.807, 2.05) is 13.0 Å². The van der Waals surface area contributed by atoms with E-state index in [-0.39, 0.29) is 18.4 Å². The van der Waals surface area contributed by atoms with Gasteiger partial charge in [0.25, 0.3) is 5.91 Å². The predicted octanol–water partition coefficient (Wildman–Crippen LogP) is 1.93. The topological polar surface area (TPSA) is 70.8 Å². The van der Waals surface area contributed by atoms with Crippen LogP contribution < -0.4 is 0 Å². The van der Waals surface area contributed by atoms with Crippen LogP contribution in [-0.2, 0) is 4.79 Å². The summed E-state index contributed by atoms with van der Waals surface area (Å²) in [7, 11) is 0. The minimum absolute atomic E-state index is 0.0164. The quantitative estimate of drug-likeness (QED) is 0.917. The van der Waals surface area contributed by atoms with E-state index in [4.69, 9.17) is 9.52 Å². The van der Waals surface area contributed by atoms with Crippen LogP contribution in [0.3, 0.4) is 0 Å². The first-order chi connectivity index (χ1) is 8.99. The molecule has 19 heavy (non-hydrogen) atoms. The maximum absolute atomic E-state index is 12.5. The molecule has 2 rings (SSSR count). The number of carboxylic acid groups (broad SMARTS) is 1. The third-order valence-corrected chi connectivity index (χ3v) is 4.23. The Balaban J connectivity index is 2.19. The molecule has 6 heteroatoms. The second-order valence-corrected chi connectivity index (χ2v) is 5.84. The number of carbonyl (C=O) groups excluding carboxylic acids is 1. The summed E-state index contributed by atoms with van der Waals surface area (Å²) in [5, 5.41) is 8.92. The molecule has 0 aliphatic carbocycles. The Labute approximate surface area is 116 Å². The van der Waals surface area contributed by atoms with Crippen LogP contribution in [0.1, 0.15) is 28.3 Å². The average molecular weight is 283 g/mol. The molecule has 2 heterocycles. The molecule has 1 fully saturated rings. The van der Waals surface area contributed by atoms with Gasteiger partial charge >= 0.3 is 5.97 Å². The highest BCUT2D eigenvalue weighted by atomic mass is 32.2. The fraction of sp³-hybridized carbons (Fsp3) is 0.538. The van der Waals surface area contributed by atoms with Crippen molar-refractivity contribution in [3.05, 3.63) is 23.2 Å². The van der Waals surface area contributed by atoms with Crippen molar-refractivity contribution in [1.29, 1.82) is 0 Å². The number of aliphatic carboxylic acids is 1. The van der Waals surface area contributed by atoms with Gasteiger partial charge in [0.15, 0.2) is 5.76 Å². The smallest absolute Gasteiger partial charge is 0.305 e. The highest BCUT2D eigenvalue weighted by molar-refractivity contribution is 7.99. The molecular weight excluding hydrogens is 266 g/mol. The molecule has 0 bridgehead atoms. The van der Waals surface area contributed by atoms with Crippen molar-refractivity contribution in [1.82, 2.24) is 4.90 Å². The van der Waals surface area contributed by atoms with Gasteiger partial charge in [-0.1, -0.05) is 0 Å². The van der Waals surface area contributed by atoms with Crippen molar-refractivity contribution >= 4 is 23.6 Å². The Morgan fingerprint density at radius 2 is 2.26 bits per heavy atom. The number of hydrogen-bond acceptors (Lipinski definition) is 4. The van der Waals surface area contributed by atoms with E-state index in [2.05, 4.69) is 0 Å². The molecule has 0 aromatic carbocycles. The minimum atomic E-state index is -0.877. The van der Waals surface area contributed by atoms with Gasteiger partial charge in [0.05, 0.1) is 12.5 Å². The highest BCUT2D eigenvalue weighted by Crippen LogP contribution is 2.23. The Hall–Kier alpha value is -1.43. The Morgan fingerprint density at radius 1 is 1.53 bits per heavy atom. The van der Waals surface area contributed by atoms with Gasteiger partial charge in [0.1, 0.15) is 5.76 Å². The molecule has 1 saturated heterocycles. The zero-order valence-electron chi connectivity index (χ0n) is 11.0. The van der Waals surface area contributed by atoms with Crippen LogP contribution in [0, 0.1) is 13.8 Å². The Morgan fingerprint density at radius 3 is 2.84 bits per heavy atom. The first-order valence-electron chi connectivity index (χ1n) is 6.16. The number of thioether (sulfide) groups is 1. The molecule has 5 nitrogen and oxygen atoms in total. The molecular formula is C13H17NO4S. The molecule has 1 N–H and O–H groups in total. The van der Waals surface area contributed by atoms with Crippen molar-refractivity contribution in [2.24, 2.45) is 0 Å².